The van der Waals surface area contributed by atoms with Gasteiger partial charge in [-0.05, 0) is 32.1 Å². The van der Waals surface area contributed by atoms with Crippen LogP contribution in [0, 0.1) is 0 Å². The Balaban J connectivity index is 1.64. The molecular weight excluding hydrogens is 232 g/mol. The smallest absolute Gasteiger partial charge is 0.242 e. The topological polar surface area (TPSA) is 60.9 Å². The number of hydrogen-bond donors (Lipinski definition) is 1. The Bertz CT molecular complexity index is 357. The maximum absolute atomic E-state index is 12.3. The molecule has 0 spiro atoms. The number of fused-ring (bicyclic) bond motifs is 2. The molecule has 0 aromatic rings. The molecule has 3 saturated heterocycles. The highest BCUT2D eigenvalue weighted by Crippen LogP contribution is 2.35. The fourth-order valence-corrected chi connectivity index (χ4v) is 3.67. The molecule has 3 rings (SSSR count). The highest BCUT2D eigenvalue weighted by Gasteiger charge is 2.43. The van der Waals surface area contributed by atoms with Gasteiger partial charge in [0.1, 0.15) is 0 Å². The summed E-state index contributed by atoms with van der Waals surface area (Å²) in [6, 6.07) is 0.396. The Kier molecular flexibility index (Phi) is 3.01. The number of piperidine rings is 1. The van der Waals surface area contributed by atoms with Crippen LogP contribution in [0.5, 0.6) is 0 Å². The van der Waals surface area contributed by atoms with Crippen LogP contribution in [-0.4, -0.2) is 58.0 Å². The second kappa shape index (κ2) is 4.53. The Hall–Kier alpha value is -1.10. The minimum Gasteiger partial charge on any atom is -0.393 e. The first kappa shape index (κ1) is 12.0. The van der Waals surface area contributed by atoms with E-state index in [1.807, 2.05) is 4.90 Å². The van der Waals surface area contributed by atoms with E-state index in [9.17, 15) is 14.7 Å². The number of aliphatic hydroxyl groups excluding tert-OH is 1. The number of amides is 2. The summed E-state index contributed by atoms with van der Waals surface area (Å²) >= 11 is 0. The monoisotopic (exact) mass is 252 g/mol. The van der Waals surface area contributed by atoms with Gasteiger partial charge in [0, 0.05) is 25.0 Å². The Morgan fingerprint density at radius 2 is 1.94 bits per heavy atom. The molecule has 0 aromatic heterocycles. The summed E-state index contributed by atoms with van der Waals surface area (Å²) in [6.07, 6.45) is 4.62. The maximum Gasteiger partial charge on any atom is 0.242 e. The van der Waals surface area contributed by atoms with Crippen molar-refractivity contribution in [1.82, 2.24) is 9.80 Å². The van der Waals surface area contributed by atoms with Gasteiger partial charge in [-0.15, -0.1) is 0 Å². The van der Waals surface area contributed by atoms with Gasteiger partial charge >= 0.3 is 0 Å². The summed E-state index contributed by atoms with van der Waals surface area (Å²) in [6.45, 7) is 0.957. The first-order valence-electron chi connectivity index (χ1n) is 6.92. The van der Waals surface area contributed by atoms with Crippen LogP contribution >= 0.6 is 0 Å². The molecule has 1 N–H and O–H groups in total. The van der Waals surface area contributed by atoms with Crippen molar-refractivity contribution in [3.8, 4) is 0 Å². The van der Waals surface area contributed by atoms with Crippen molar-refractivity contribution in [2.75, 3.05) is 13.1 Å². The predicted octanol–water partition coefficient (Wildman–Crippen LogP) is 0.123. The number of rotatable bonds is 2. The van der Waals surface area contributed by atoms with Gasteiger partial charge in [-0.2, -0.15) is 0 Å². The van der Waals surface area contributed by atoms with Crippen molar-refractivity contribution in [1.29, 1.82) is 0 Å². The van der Waals surface area contributed by atoms with Crippen molar-refractivity contribution in [2.24, 2.45) is 0 Å². The van der Waals surface area contributed by atoms with Crippen LogP contribution in [0.25, 0.3) is 0 Å². The minimum atomic E-state index is -0.250. The van der Waals surface area contributed by atoms with Crippen LogP contribution in [0.3, 0.4) is 0 Å². The van der Waals surface area contributed by atoms with Crippen molar-refractivity contribution < 1.29 is 14.7 Å². The van der Waals surface area contributed by atoms with Crippen LogP contribution in [0.1, 0.15) is 38.5 Å². The van der Waals surface area contributed by atoms with E-state index in [0.29, 0.717) is 19.3 Å². The SMILES string of the molecule is O=C1CCCN1CC(=O)N1C2CCC1CC(O)C2. The number of carbonyl (C=O) groups is 2. The van der Waals surface area contributed by atoms with E-state index < -0.39 is 0 Å². The zero-order chi connectivity index (χ0) is 12.7. The molecule has 2 atom stereocenters. The Morgan fingerprint density at radius 1 is 1.28 bits per heavy atom. The highest BCUT2D eigenvalue weighted by molar-refractivity contribution is 5.86. The first-order valence-corrected chi connectivity index (χ1v) is 6.92. The van der Waals surface area contributed by atoms with Crippen LogP contribution in [0.4, 0.5) is 0 Å². The fraction of sp³-hybridized carbons (Fsp3) is 0.846. The molecule has 3 aliphatic rings. The van der Waals surface area contributed by atoms with Gasteiger partial charge in [0.15, 0.2) is 0 Å². The van der Waals surface area contributed by atoms with Crippen LogP contribution in [0.15, 0.2) is 0 Å². The molecule has 2 bridgehead atoms. The third-order valence-corrected chi connectivity index (χ3v) is 4.49. The number of likely N-dealkylation sites (tertiary alicyclic amines) is 1. The van der Waals surface area contributed by atoms with E-state index >= 15 is 0 Å². The molecule has 3 aliphatic heterocycles. The summed E-state index contributed by atoms with van der Waals surface area (Å²) in [4.78, 5) is 27.5. The van der Waals surface area contributed by atoms with E-state index in [1.54, 1.807) is 4.90 Å². The zero-order valence-electron chi connectivity index (χ0n) is 10.5. The molecule has 0 saturated carbocycles. The average Bonchev–Trinajstić information content (AvgIpc) is 2.82. The van der Waals surface area contributed by atoms with E-state index in [-0.39, 0.29) is 36.5 Å². The first-order chi connectivity index (χ1) is 8.65. The summed E-state index contributed by atoms with van der Waals surface area (Å²) in [7, 11) is 0. The van der Waals surface area contributed by atoms with Crippen molar-refractivity contribution in [3.05, 3.63) is 0 Å². The number of hydrogen-bond acceptors (Lipinski definition) is 3. The van der Waals surface area contributed by atoms with Gasteiger partial charge < -0.3 is 14.9 Å². The minimum absolute atomic E-state index is 0.0738. The van der Waals surface area contributed by atoms with E-state index in [4.69, 9.17) is 0 Å². The lowest BCUT2D eigenvalue weighted by Gasteiger charge is -2.38. The summed E-state index contributed by atoms with van der Waals surface area (Å²) in [5.74, 6) is 0.178. The maximum atomic E-state index is 12.3. The Morgan fingerprint density at radius 3 is 2.50 bits per heavy atom. The fourth-order valence-electron chi connectivity index (χ4n) is 3.67. The molecule has 100 valence electrons. The standard InChI is InChI=1S/C13H20N2O3/c16-11-6-9-3-4-10(7-11)15(9)13(18)8-14-5-1-2-12(14)17/h9-11,16H,1-8H2. The van der Waals surface area contributed by atoms with Gasteiger partial charge in [0.2, 0.25) is 11.8 Å². The van der Waals surface area contributed by atoms with Gasteiger partial charge in [0.05, 0.1) is 12.6 Å². The lowest BCUT2D eigenvalue weighted by Crippen LogP contribution is -2.51. The molecule has 0 aliphatic carbocycles. The van der Waals surface area contributed by atoms with Gasteiger partial charge in [0.25, 0.3) is 0 Å². The van der Waals surface area contributed by atoms with E-state index in [2.05, 4.69) is 0 Å². The van der Waals surface area contributed by atoms with E-state index in [1.165, 1.54) is 0 Å². The molecular formula is C13H20N2O3. The Labute approximate surface area is 107 Å². The van der Waals surface area contributed by atoms with E-state index in [0.717, 1.165) is 25.8 Å². The molecule has 2 amide bonds. The molecule has 5 nitrogen and oxygen atoms in total. The van der Waals surface area contributed by atoms with Gasteiger partial charge in [-0.25, -0.2) is 0 Å². The van der Waals surface area contributed by atoms with Crippen molar-refractivity contribution in [3.63, 3.8) is 0 Å². The number of aliphatic hydroxyl groups is 1. The molecule has 0 radical (unpaired) electrons. The third-order valence-electron chi connectivity index (χ3n) is 4.49. The summed E-state index contributed by atoms with van der Waals surface area (Å²) in [5.41, 5.74) is 0. The lowest BCUT2D eigenvalue weighted by atomic mass is 10.00. The highest BCUT2D eigenvalue weighted by atomic mass is 16.3. The normalized spacial score (nSPS) is 35.4. The third kappa shape index (κ3) is 2.00. The van der Waals surface area contributed by atoms with Gasteiger partial charge in [-0.3, -0.25) is 9.59 Å². The number of nitrogens with zero attached hydrogens (tertiary/aromatic N) is 2. The van der Waals surface area contributed by atoms with Crippen molar-refractivity contribution >= 4 is 11.8 Å². The number of carbonyl (C=O) groups excluding carboxylic acids is 2. The molecule has 2 unspecified atom stereocenters. The quantitative estimate of drug-likeness (QED) is 0.759. The van der Waals surface area contributed by atoms with Crippen molar-refractivity contribution in [2.45, 2.75) is 56.7 Å². The zero-order valence-corrected chi connectivity index (χ0v) is 10.5. The molecule has 18 heavy (non-hydrogen) atoms. The average molecular weight is 252 g/mol. The molecule has 3 fully saturated rings. The van der Waals surface area contributed by atoms with Crippen LogP contribution in [-0.2, 0) is 9.59 Å². The summed E-state index contributed by atoms with van der Waals surface area (Å²) in [5, 5.41) is 9.71. The summed E-state index contributed by atoms with van der Waals surface area (Å²) < 4.78 is 0. The second-order valence-corrected chi connectivity index (χ2v) is 5.73. The molecule has 5 heteroatoms. The lowest BCUT2D eigenvalue weighted by molar-refractivity contribution is -0.142. The largest absolute Gasteiger partial charge is 0.393 e. The molecule has 3 heterocycles. The van der Waals surface area contributed by atoms with Gasteiger partial charge in [-0.1, -0.05) is 0 Å². The van der Waals surface area contributed by atoms with Crippen LogP contribution in [0.2, 0.25) is 0 Å². The van der Waals surface area contributed by atoms with Crippen LogP contribution < -0.4 is 0 Å². The second-order valence-electron chi connectivity index (χ2n) is 5.73. The predicted molar refractivity (Wildman–Crippen MR) is 64.7 cm³/mol. The molecule has 0 aromatic carbocycles.